The molecule has 0 saturated carbocycles. The summed E-state index contributed by atoms with van der Waals surface area (Å²) in [5.74, 6) is -3.89. The van der Waals surface area contributed by atoms with E-state index in [2.05, 4.69) is 5.32 Å². The van der Waals surface area contributed by atoms with Crippen molar-refractivity contribution >= 4 is 51.0 Å². The molecule has 2 aromatic heterocycles. The molecule has 5 N–H and O–H groups in total. The number of amides is 1. The number of fused-ring (bicyclic) bond motifs is 5. The Bertz CT molecular complexity index is 2220. The summed E-state index contributed by atoms with van der Waals surface area (Å²) in [5, 5.41) is 46.7. The van der Waals surface area contributed by atoms with Gasteiger partial charge in [0.25, 0.3) is 5.91 Å². The molecule has 0 saturated heterocycles. The molecule has 4 aromatic rings. The van der Waals surface area contributed by atoms with E-state index in [9.17, 15) is 34.8 Å². The van der Waals surface area contributed by atoms with E-state index in [1.54, 1.807) is 69.5 Å². The standard InChI is InChI=1S/C42H53N3O11/c1-20-15-17-45-30(19-20)43-34-31-32(39(50)35(36(34)45)44-41(51)22(3)14-12-13-21(2)37(48)23(4)26(7)46)38(49)25(6)40(54-11)33(31)42(52)55-18-16-29(53-10)24(5)27(8)56-28(9)47/h12-19,21,23-24,26-27,29,37,46,48-50H,1-11H3,(H,44,51)/b13-12+,18-16+,22-14-/t21-,23-,24-,26-,27-,29-,37-/m0/s1. The smallest absolute Gasteiger partial charge is 0.347 e. The first-order chi connectivity index (χ1) is 26.4. The number of aliphatic hydroxyl groups is 2. The van der Waals surface area contributed by atoms with E-state index < -0.39 is 53.8 Å². The van der Waals surface area contributed by atoms with Gasteiger partial charge in [-0.05, 0) is 58.4 Å². The predicted molar refractivity (Wildman–Crippen MR) is 213 cm³/mol. The number of hydrogen-bond acceptors (Lipinski definition) is 12. The van der Waals surface area contributed by atoms with Gasteiger partial charge in [0.15, 0.2) is 5.75 Å². The van der Waals surface area contributed by atoms with Gasteiger partial charge in [-0.3, -0.25) is 14.0 Å². The summed E-state index contributed by atoms with van der Waals surface area (Å²) in [4.78, 5) is 44.1. The Morgan fingerprint density at radius 1 is 0.946 bits per heavy atom. The molecule has 0 radical (unpaired) electrons. The number of methoxy groups -OCH3 is 2. The number of pyridine rings is 1. The topological polar surface area (TPSA) is 198 Å². The van der Waals surface area contributed by atoms with E-state index in [1.165, 1.54) is 34.1 Å². The Balaban J connectivity index is 1.87. The van der Waals surface area contributed by atoms with Crippen molar-refractivity contribution in [2.45, 2.75) is 86.7 Å². The van der Waals surface area contributed by atoms with Crippen molar-refractivity contribution in [2.75, 3.05) is 19.5 Å². The number of aromatic hydroxyl groups is 2. The lowest BCUT2D eigenvalue weighted by Gasteiger charge is -2.25. The maximum Gasteiger partial charge on any atom is 0.347 e. The van der Waals surface area contributed by atoms with Crippen LogP contribution in [0.25, 0.3) is 27.5 Å². The first-order valence-corrected chi connectivity index (χ1v) is 18.3. The SMILES string of the molecule is COc1c(C)c(O)c2c(O)c(NC(=O)/C(C)=C\C=C\[C@H](C)[C@H](O)[C@@H](C)[C@H](C)O)c3c(nc4cc(C)ccn43)c2c1C(=O)O/C=C/[C@H](OC)[C@@H](C)[C@H](C)OC(C)=O. The number of phenolic OH excluding ortho intramolecular Hbond substituents is 2. The average molecular weight is 776 g/mol. The van der Waals surface area contributed by atoms with Crippen LogP contribution in [0.4, 0.5) is 5.69 Å². The number of nitrogens with zero attached hydrogens (tertiary/aromatic N) is 2. The van der Waals surface area contributed by atoms with Crippen LogP contribution in [-0.2, 0) is 23.8 Å². The molecule has 1 amide bonds. The minimum absolute atomic E-state index is 0.0181. The lowest BCUT2D eigenvalue weighted by atomic mass is 9.90. The number of aryl methyl sites for hydroxylation is 1. The van der Waals surface area contributed by atoms with Crippen LogP contribution in [0, 0.1) is 31.6 Å². The van der Waals surface area contributed by atoms with Crippen LogP contribution in [0.5, 0.6) is 17.2 Å². The lowest BCUT2D eigenvalue weighted by Crippen LogP contribution is -2.31. The number of nitrogens with one attached hydrogen (secondary N) is 1. The van der Waals surface area contributed by atoms with Crippen LogP contribution < -0.4 is 10.1 Å². The summed E-state index contributed by atoms with van der Waals surface area (Å²) in [6.45, 7) is 15.0. The van der Waals surface area contributed by atoms with Gasteiger partial charge in [-0.2, -0.15) is 0 Å². The van der Waals surface area contributed by atoms with Crippen molar-refractivity contribution in [1.82, 2.24) is 9.38 Å². The van der Waals surface area contributed by atoms with E-state index in [-0.39, 0.29) is 67.7 Å². The number of aliphatic hydroxyl groups excluding tert-OH is 2. The fourth-order valence-electron chi connectivity index (χ4n) is 6.56. The fourth-order valence-corrected chi connectivity index (χ4v) is 6.56. The number of carbonyl (C=O) groups is 3. The number of benzene rings is 2. The molecular formula is C42H53N3O11. The summed E-state index contributed by atoms with van der Waals surface area (Å²) in [6.07, 6.45) is 6.66. The highest BCUT2D eigenvalue weighted by molar-refractivity contribution is 6.26. The van der Waals surface area contributed by atoms with Gasteiger partial charge >= 0.3 is 11.9 Å². The summed E-state index contributed by atoms with van der Waals surface area (Å²) in [7, 11) is 2.80. The van der Waals surface area contributed by atoms with E-state index in [0.717, 1.165) is 11.8 Å². The summed E-state index contributed by atoms with van der Waals surface area (Å²) < 4.78 is 23.8. The van der Waals surface area contributed by atoms with E-state index >= 15 is 0 Å². The zero-order chi connectivity index (χ0) is 41.8. The molecule has 302 valence electrons. The van der Waals surface area contributed by atoms with Crippen LogP contribution in [-0.4, -0.2) is 86.3 Å². The Labute approximate surface area is 326 Å². The number of hydrogen-bond donors (Lipinski definition) is 5. The minimum Gasteiger partial charge on any atom is -0.507 e. The molecular weight excluding hydrogens is 722 g/mol. The molecule has 0 spiro atoms. The normalized spacial score (nSPS) is 16.2. The largest absolute Gasteiger partial charge is 0.507 e. The third-order valence-electron chi connectivity index (χ3n) is 10.3. The van der Waals surface area contributed by atoms with Gasteiger partial charge in [0.05, 0.1) is 37.1 Å². The van der Waals surface area contributed by atoms with Crippen molar-refractivity contribution in [3.63, 3.8) is 0 Å². The number of anilines is 1. The van der Waals surface area contributed by atoms with Gasteiger partial charge in [-0.25, -0.2) is 9.78 Å². The molecule has 0 aliphatic heterocycles. The number of phenols is 2. The number of allylic oxidation sites excluding steroid dienone is 2. The summed E-state index contributed by atoms with van der Waals surface area (Å²) in [6, 6.07) is 3.60. The predicted octanol–water partition coefficient (Wildman–Crippen LogP) is 6.41. The Morgan fingerprint density at radius 2 is 1.62 bits per heavy atom. The van der Waals surface area contributed by atoms with Crippen LogP contribution in [0.15, 0.2) is 54.5 Å². The highest BCUT2D eigenvalue weighted by Gasteiger charge is 2.32. The number of ether oxygens (including phenoxy) is 4. The van der Waals surface area contributed by atoms with Gasteiger partial charge in [0.1, 0.15) is 45.5 Å². The van der Waals surface area contributed by atoms with E-state index in [1.807, 2.05) is 19.9 Å². The lowest BCUT2D eigenvalue weighted by molar-refractivity contribution is -0.149. The highest BCUT2D eigenvalue weighted by atomic mass is 16.5. The fraction of sp³-hybridized carbons (Fsp3) is 0.429. The summed E-state index contributed by atoms with van der Waals surface area (Å²) in [5.41, 5.74) is 1.83. The van der Waals surface area contributed by atoms with Gasteiger partial charge in [-0.1, -0.05) is 39.0 Å². The van der Waals surface area contributed by atoms with E-state index in [4.69, 9.17) is 23.9 Å². The van der Waals surface area contributed by atoms with Crippen LogP contribution in [0.1, 0.15) is 70.0 Å². The zero-order valence-electron chi connectivity index (χ0n) is 33.7. The molecule has 0 aliphatic carbocycles. The van der Waals surface area contributed by atoms with Crippen LogP contribution in [0.3, 0.4) is 0 Å². The summed E-state index contributed by atoms with van der Waals surface area (Å²) >= 11 is 0. The Morgan fingerprint density at radius 3 is 2.23 bits per heavy atom. The quantitative estimate of drug-likeness (QED) is 0.0293. The molecule has 0 fully saturated rings. The molecule has 56 heavy (non-hydrogen) atoms. The maximum atomic E-state index is 14.1. The second-order valence-electron chi connectivity index (χ2n) is 14.3. The van der Waals surface area contributed by atoms with Gasteiger partial charge in [0.2, 0.25) is 0 Å². The van der Waals surface area contributed by atoms with Crippen molar-refractivity contribution in [2.24, 2.45) is 17.8 Å². The van der Waals surface area contributed by atoms with Gasteiger partial charge in [0, 0.05) is 54.5 Å². The average Bonchev–Trinajstić information content (AvgIpc) is 3.52. The third-order valence-corrected chi connectivity index (χ3v) is 10.3. The van der Waals surface area contributed by atoms with Crippen molar-refractivity contribution in [3.05, 3.63) is 71.2 Å². The number of carbonyl (C=O) groups excluding carboxylic acids is 3. The molecule has 0 aliphatic rings. The van der Waals surface area contributed by atoms with E-state index in [0.29, 0.717) is 5.65 Å². The Hall–Kier alpha value is -5.44. The molecule has 2 aromatic carbocycles. The molecule has 4 rings (SSSR count). The van der Waals surface area contributed by atoms with Crippen molar-refractivity contribution in [1.29, 1.82) is 0 Å². The number of rotatable bonds is 15. The molecule has 0 bridgehead atoms. The molecule has 2 heterocycles. The Kier molecular flexibility index (Phi) is 13.9. The first-order valence-electron chi connectivity index (χ1n) is 18.3. The van der Waals surface area contributed by atoms with Crippen LogP contribution in [0.2, 0.25) is 0 Å². The van der Waals surface area contributed by atoms with Gasteiger partial charge in [-0.15, -0.1) is 0 Å². The highest BCUT2D eigenvalue weighted by Crippen LogP contribution is 2.50. The molecule has 14 heteroatoms. The van der Waals surface area contributed by atoms with Crippen molar-refractivity contribution in [3.8, 4) is 17.2 Å². The first kappa shape index (κ1) is 43.3. The van der Waals surface area contributed by atoms with Gasteiger partial charge < -0.3 is 44.7 Å². The molecule has 0 unspecified atom stereocenters. The molecule has 7 atom stereocenters. The van der Waals surface area contributed by atoms with Crippen molar-refractivity contribution < 1.29 is 53.8 Å². The number of imidazole rings is 1. The number of esters is 2. The second-order valence-corrected chi connectivity index (χ2v) is 14.3. The zero-order valence-corrected chi connectivity index (χ0v) is 33.7. The monoisotopic (exact) mass is 775 g/mol. The number of aromatic nitrogens is 2. The second kappa shape index (κ2) is 18.0. The third kappa shape index (κ3) is 8.83. The van der Waals surface area contributed by atoms with Crippen LogP contribution >= 0.6 is 0 Å². The molecule has 14 nitrogen and oxygen atoms in total. The maximum absolute atomic E-state index is 14.1. The minimum atomic E-state index is -0.903.